The van der Waals surface area contributed by atoms with Gasteiger partial charge in [0.1, 0.15) is 5.82 Å². The second-order valence-electron chi connectivity index (χ2n) is 9.11. The molecule has 1 fully saturated rings. The van der Waals surface area contributed by atoms with Crippen molar-refractivity contribution in [3.05, 3.63) is 101 Å². The highest BCUT2D eigenvalue weighted by Crippen LogP contribution is 2.27. The summed E-state index contributed by atoms with van der Waals surface area (Å²) in [5.41, 5.74) is 3.57. The number of amides is 2. The van der Waals surface area contributed by atoms with Gasteiger partial charge in [-0.05, 0) is 68.1 Å². The minimum Gasteiger partial charge on any atom is -0.447 e. The van der Waals surface area contributed by atoms with Gasteiger partial charge < -0.3 is 15.0 Å². The molecular formula is C29H29FN2O4. The van der Waals surface area contributed by atoms with E-state index >= 15 is 0 Å². The van der Waals surface area contributed by atoms with Crippen molar-refractivity contribution in [3.8, 4) is 0 Å². The average molecular weight is 489 g/mol. The molecule has 0 bridgehead atoms. The maximum Gasteiger partial charge on any atom is 0.310 e. The van der Waals surface area contributed by atoms with Gasteiger partial charge in [0.25, 0.3) is 11.8 Å². The Balaban J connectivity index is 1.42. The monoisotopic (exact) mass is 488 g/mol. The van der Waals surface area contributed by atoms with E-state index in [4.69, 9.17) is 4.74 Å². The van der Waals surface area contributed by atoms with Crippen molar-refractivity contribution in [1.29, 1.82) is 0 Å². The van der Waals surface area contributed by atoms with Crippen LogP contribution in [0.5, 0.6) is 0 Å². The van der Waals surface area contributed by atoms with Gasteiger partial charge in [0, 0.05) is 29.9 Å². The highest BCUT2D eigenvalue weighted by atomic mass is 19.1. The lowest BCUT2D eigenvalue weighted by Crippen LogP contribution is -2.41. The Hall–Kier alpha value is -4.00. The van der Waals surface area contributed by atoms with Gasteiger partial charge in [-0.3, -0.25) is 14.4 Å². The Labute approximate surface area is 210 Å². The number of halogens is 1. The molecule has 1 heterocycles. The number of carbonyl (C=O) groups excluding carboxylic acids is 3. The van der Waals surface area contributed by atoms with Crippen LogP contribution in [0.25, 0.3) is 0 Å². The molecule has 0 radical (unpaired) electrons. The summed E-state index contributed by atoms with van der Waals surface area (Å²) in [5, 5.41) is 2.91. The number of aryl methyl sites for hydroxylation is 2. The Bertz CT molecular complexity index is 1240. The van der Waals surface area contributed by atoms with Crippen molar-refractivity contribution < 1.29 is 23.5 Å². The predicted molar refractivity (Wildman–Crippen MR) is 135 cm³/mol. The van der Waals surface area contributed by atoms with Crippen molar-refractivity contribution in [1.82, 2.24) is 4.90 Å². The molecule has 186 valence electrons. The van der Waals surface area contributed by atoms with Crippen LogP contribution in [-0.4, -0.2) is 35.8 Å². The van der Waals surface area contributed by atoms with E-state index in [1.54, 1.807) is 29.2 Å². The van der Waals surface area contributed by atoms with E-state index in [9.17, 15) is 18.8 Å². The minimum absolute atomic E-state index is 0.197. The standard InChI is InChI=1S/C29H29FN2O4/c1-19-8-9-20(2)25(18-19)31-27(33)26(21-6-4-3-5-7-21)36-29(35)23-14-16-32(17-15-23)28(34)22-10-12-24(30)13-11-22/h3-13,18,23,26H,14-17H2,1-2H3,(H,31,33). The topological polar surface area (TPSA) is 75.7 Å². The second kappa shape index (κ2) is 11.2. The number of hydrogen-bond acceptors (Lipinski definition) is 4. The number of rotatable bonds is 6. The molecule has 1 saturated heterocycles. The van der Waals surface area contributed by atoms with Gasteiger partial charge in [0.05, 0.1) is 5.92 Å². The number of carbonyl (C=O) groups is 3. The maximum atomic E-state index is 13.2. The third-order valence-electron chi connectivity index (χ3n) is 6.43. The van der Waals surface area contributed by atoms with Crippen LogP contribution in [0.2, 0.25) is 0 Å². The van der Waals surface area contributed by atoms with E-state index in [-0.39, 0.29) is 5.91 Å². The predicted octanol–water partition coefficient (Wildman–Crippen LogP) is 5.22. The molecule has 0 aliphatic carbocycles. The smallest absolute Gasteiger partial charge is 0.310 e. The van der Waals surface area contributed by atoms with Crippen molar-refractivity contribution in [2.45, 2.75) is 32.8 Å². The van der Waals surface area contributed by atoms with E-state index in [0.717, 1.165) is 11.1 Å². The Morgan fingerprint density at radius 2 is 1.61 bits per heavy atom. The number of esters is 1. The molecule has 4 rings (SSSR count). The summed E-state index contributed by atoms with van der Waals surface area (Å²) in [4.78, 5) is 40.7. The fourth-order valence-corrected chi connectivity index (χ4v) is 4.28. The largest absolute Gasteiger partial charge is 0.447 e. The molecule has 0 saturated carbocycles. The Morgan fingerprint density at radius 1 is 0.944 bits per heavy atom. The summed E-state index contributed by atoms with van der Waals surface area (Å²) in [7, 11) is 0. The molecule has 0 aromatic heterocycles. The maximum absolute atomic E-state index is 13.2. The van der Waals surface area contributed by atoms with E-state index in [2.05, 4.69) is 5.32 Å². The lowest BCUT2D eigenvalue weighted by molar-refractivity contribution is -0.160. The summed E-state index contributed by atoms with van der Waals surface area (Å²) in [5.74, 6) is -1.91. The first-order chi connectivity index (χ1) is 17.3. The lowest BCUT2D eigenvalue weighted by atomic mass is 9.96. The first-order valence-corrected chi connectivity index (χ1v) is 12.0. The van der Waals surface area contributed by atoms with Crippen LogP contribution in [0.4, 0.5) is 10.1 Å². The second-order valence-corrected chi connectivity index (χ2v) is 9.11. The third-order valence-corrected chi connectivity index (χ3v) is 6.43. The number of hydrogen-bond donors (Lipinski definition) is 1. The van der Waals surface area contributed by atoms with E-state index in [1.165, 1.54) is 24.3 Å². The SMILES string of the molecule is Cc1ccc(C)c(NC(=O)C(OC(=O)C2CCN(C(=O)c3ccc(F)cc3)CC2)c2ccccc2)c1. The van der Waals surface area contributed by atoms with E-state index < -0.39 is 29.7 Å². The number of likely N-dealkylation sites (tertiary alicyclic amines) is 1. The van der Waals surface area contributed by atoms with Gasteiger partial charge in [-0.1, -0.05) is 42.5 Å². The van der Waals surface area contributed by atoms with Crippen molar-refractivity contribution in [2.24, 2.45) is 5.92 Å². The summed E-state index contributed by atoms with van der Waals surface area (Å²) in [6, 6.07) is 20.1. The number of ether oxygens (including phenoxy) is 1. The van der Waals surface area contributed by atoms with Crippen LogP contribution in [-0.2, 0) is 14.3 Å². The zero-order valence-electron chi connectivity index (χ0n) is 20.4. The molecule has 0 spiro atoms. The van der Waals surface area contributed by atoms with Crippen molar-refractivity contribution in [2.75, 3.05) is 18.4 Å². The molecule has 1 unspecified atom stereocenters. The lowest BCUT2D eigenvalue weighted by Gasteiger charge is -2.31. The van der Waals surface area contributed by atoms with Gasteiger partial charge in [0.15, 0.2) is 0 Å². The van der Waals surface area contributed by atoms with Crippen LogP contribution in [0.1, 0.15) is 46.0 Å². The number of nitrogens with zero attached hydrogens (tertiary/aromatic N) is 1. The number of piperidine rings is 1. The van der Waals surface area contributed by atoms with Crippen LogP contribution >= 0.6 is 0 Å². The molecule has 1 aliphatic heterocycles. The third kappa shape index (κ3) is 5.97. The minimum atomic E-state index is -1.10. The molecule has 3 aromatic rings. The molecule has 3 aromatic carbocycles. The molecule has 1 atom stereocenters. The summed E-state index contributed by atoms with van der Waals surface area (Å²) < 4.78 is 18.9. The van der Waals surface area contributed by atoms with Gasteiger partial charge in [0.2, 0.25) is 6.10 Å². The van der Waals surface area contributed by atoms with Crippen molar-refractivity contribution in [3.63, 3.8) is 0 Å². The van der Waals surface area contributed by atoms with E-state index in [0.29, 0.717) is 42.7 Å². The summed E-state index contributed by atoms with van der Waals surface area (Å²) in [6.07, 6.45) is -0.255. The van der Waals surface area contributed by atoms with Crippen molar-refractivity contribution >= 4 is 23.5 Å². The van der Waals surface area contributed by atoms with E-state index in [1.807, 2.05) is 38.1 Å². The zero-order chi connectivity index (χ0) is 25.7. The van der Waals surface area contributed by atoms with Gasteiger partial charge >= 0.3 is 5.97 Å². The van der Waals surface area contributed by atoms with Crippen LogP contribution < -0.4 is 5.32 Å². The summed E-state index contributed by atoms with van der Waals surface area (Å²) in [6.45, 7) is 4.60. The average Bonchev–Trinajstić information content (AvgIpc) is 2.90. The Morgan fingerprint density at radius 3 is 2.28 bits per heavy atom. The molecular weight excluding hydrogens is 459 g/mol. The van der Waals surface area contributed by atoms with Gasteiger partial charge in [-0.2, -0.15) is 0 Å². The highest BCUT2D eigenvalue weighted by molar-refractivity contribution is 5.97. The quantitative estimate of drug-likeness (QED) is 0.483. The molecule has 7 heteroatoms. The first-order valence-electron chi connectivity index (χ1n) is 12.0. The molecule has 6 nitrogen and oxygen atoms in total. The number of nitrogens with one attached hydrogen (secondary N) is 1. The first kappa shape index (κ1) is 25.1. The number of benzene rings is 3. The normalized spacial score (nSPS) is 14.7. The van der Waals surface area contributed by atoms with Gasteiger partial charge in [-0.25, -0.2) is 4.39 Å². The van der Waals surface area contributed by atoms with Gasteiger partial charge in [-0.15, -0.1) is 0 Å². The fourth-order valence-electron chi connectivity index (χ4n) is 4.28. The summed E-state index contributed by atoms with van der Waals surface area (Å²) >= 11 is 0. The molecule has 1 N–H and O–H groups in total. The van der Waals surface area contributed by atoms with Crippen LogP contribution in [0.3, 0.4) is 0 Å². The number of anilines is 1. The molecule has 1 aliphatic rings. The van der Waals surface area contributed by atoms with Crippen LogP contribution in [0.15, 0.2) is 72.8 Å². The fraction of sp³-hybridized carbons (Fsp3) is 0.276. The Kier molecular flexibility index (Phi) is 7.78. The molecule has 36 heavy (non-hydrogen) atoms. The molecule has 2 amide bonds. The zero-order valence-corrected chi connectivity index (χ0v) is 20.4. The van der Waals surface area contributed by atoms with Crippen LogP contribution in [0, 0.1) is 25.6 Å². The highest BCUT2D eigenvalue weighted by Gasteiger charge is 2.33.